The summed E-state index contributed by atoms with van der Waals surface area (Å²) in [6, 6.07) is 63.9. The maximum absolute atomic E-state index is 4.96. The van der Waals surface area contributed by atoms with Gasteiger partial charge in [-0.2, -0.15) is 0 Å². The fraction of sp³-hybridized carbons (Fsp3) is 0.0577. The molecule has 0 saturated carbocycles. The van der Waals surface area contributed by atoms with Crippen molar-refractivity contribution in [2.24, 2.45) is 0 Å². The Hall–Kier alpha value is -7.37. The summed E-state index contributed by atoms with van der Waals surface area (Å²) in [5, 5.41) is 2.44. The van der Waals surface area contributed by atoms with Crippen LogP contribution in [-0.4, -0.2) is 26.1 Å². The molecule has 0 spiro atoms. The summed E-state index contributed by atoms with van der Waals surface area (Å²) in [6.07, 6.45) is 7.00. The minimum absolute atomic E-state index is 0.206. The van der Waals surface area contributed by atoms with Gasteiger partial charge in [-0.25, -0.2) is 15.0 Å². The van der Waals surface area contributed by atoms with E-state index in [9.17, 15) is 0 Å². The molecule has 0 fully saturated rings. The first-order valence-corrected chi connectivity index (χ1v) is 19.5. The van der Waals surface area contributed by atoms with Gasteiger partial charge >= 0.3 is 0 Å². The van der Waals surface area contributed by atoms with Gasteiger partial charge in [0.25, 0.3) is 0 Å². The number of benzene rings is 7. The molecule has 2 aromatic heterocycles. The van der Waals surface area contributed by atoms with E-state index < -0.39 is 0 Å². The Morgan fingerprint density at radius 3 is 1.70 bits per heavy atom. The van der Waals surface area contributed by atoms with E-state index in [1.165, 1.54) is 38.8 Å². The minimum Gasteiger partial charge on any atom is -0.337 e. The summed E-state index contributed by atoms with van der Waals surface area (Å²) in [4.78, 5) is 17.2. The van der Waals surface area contributed by atoms with Gasteiger partial charge < -0.3 is 9.47 Å². The van der Waals surface area contributed by atoms with Gasteiger partial charge in [0.1, 0.15) is 0 Å². The van der Waals surface area contributed by atoms with Crippen LogP contribution in [0.4, 0.5) is 11.4 Å². The third-order valence-corrected chi connectivity index (χ3v) is 10.9. The Labute approximate surface area is 332 Å². The first kappa shape index (κ1) is 34.1. The van der Waals surface area contributed by atoms with E-state index in [4.69, 9.17) is 15.0 Å². The summed E-state index contributed by atoms with van der Waals surface area (Å²) in [7, 11) is 0. The Morgan fingerprint density at radius 1 is 0.474 bits per heavy atom. The lowest BCUT2D eigenvalue weighted by molar-refractivity contribution is 0.952. The summed E-state index contributed by atoms with van der Waals surface area (Å²) >= 11 is 0. The number of aromatic nitrogens is 4. The van der Waals surface area contributed by atoms with Crippen LogP contribution in [0.1, 0.15) is 24.0 Å². The zero-order chi connectivity index (χ0) is 38.1. The maximum atomic E-state index is 4.96. The molecule has 1 aliphatic heterocycles. The first-order chi connectivity index (χ1) is 28.2. The van der Waals surface area contributed by atoms with E-state index in [0.717, 1.165) is 40.0 Å². The van der Waals surface area contributed by atoms with E-state index in [2.05, 4.69) is 156 Å². The van der Waals surface area contributed by atoms with Crippen LogP contribution < -0.4 is 4.90 Å². The number of hydrogen-bond acceptors (Lipinski definition) is 4. The Balaban J connectivity index is 1.04. The van der Waals surface area contributed by atoms with E-state index in [-0.39, 0.29) is 5.92 Å². The molecular weight excluding hydrogens is 695 g/mol. The molecule has 0 bridgehead atoms. The smallest absolute Gasteiger partial charge is 0.164 e. The van der Waals surface area contributed by atoms with Gasteiger partial charge in [-0.3, -0.25) is 0 Å². The highest BCUT2D eigenvalue weighted by atomic mass is 15.1. The number of rotatable bonds is 6. The van der Waals surface area contributed by atoms with Crippen molar-refractivity contribution in [1.29, 1.82) is 0 Å². The third-order valence-electron chi connectivity index (χ3n) is 10.9. The molecule has 0 saturated heterocycles. The molecule has 57 heavy (non-hydrogen) atoms. The SMILES string of the molecule is CC1/C=C(c2ccc3c(c2)c2ccccc2n3-c2ccc(-c3nc(-c4ccccc4)nc(-c4ccccc4)n3)cc2)\C=C/CN(c2ccccc2)c2ccccc21. The average molecular weight is 734 g/mol. The molecule has 3 heterocycles. The Bertz CT molecular complexity index is 2870. The first-order valence-electron chi connectivity index (χ1n) is 19.5. The number of hydrogen-bond donors (Lipinski definition) is 0. The number of para-hydroxylation sites is 3. The van der Waals surface area contributed by atoms with Crippen LogP contribution in [0, 0.1) is 0 Å². The van der Waals surface area contributed by atoms with Gasteiger partial charge in [-0.15, -0.1) is 0 Å². The van der Waals surface area contributed by atoms with Gasteiger partial charge in [0.15, 0.2) is 17.5 Å². The minimum atomic E-state index is 0.206. The summed E-state index contributed by atoms with van der Waals surface area (Å²) in [6.45, 7) is 3.07. The van der Waals surface area contributed by atoms with Crippen LogP contribution >= 0.6 is 0 Å². The van der Waals surface area contributed by atoms with Crippen LogP contribution in [0.15, 0.2) is 200 Å². The lowest BCUT2D eigenvalue weighted by Crippen LogP contribution is -2.18. The molecule has 1 atom stereocenters. The highest BCUT2D eigenvalue weighted by Gasteiger charge is 2.19. The molecule has 0 N–H and O–H groups in total. The molecular formula is C52H39N5. The highest BCUT2D eigenvalue weighted by molar-refractivity contribution is 6.10. The lowest BCUT2D eigenvalue weighted by Gasteiger charge is -2.27. The molecule has 272 valence electrons. The predicted octanol–water partition coefficient (Wildman–Crippen LogP) is 12.9. The monoisotopic (exact) mass is 733 g/mol. The predicted molar refractivity (Wildman–Crippen MR) is 236 cm³/mol. The van der Waals surface area contributed by atoms with Crippen LogP contribution in [0.5, 0.6) is 0 Å². The van der Waals surface area contributed by atoms with Crippen LogP contribution in [0.25, 0.3) is 67.2 Å². The van der Waals surface area contributed by atoms with Crippen molar-refractivity contribution in [3.05, 3.63) is 211 Å². The fourth-order valence-corrected chi connectivity index (χ4v) is 8.09. The van der Waals surface area contributed by atoms with Crippen LogP contribution in [0.2, 0.25) is 0 Å². The summed E-state index contributed by atoms with van der Waals surface area (Å²) in [5.41, 5.74) is 12.4. The fourth-order valence-electron chi connectivity index (χ4n) is 8.09. The van der Waals surface area contributed by atoms with Gasteiger partial charge in [-0.1, -0.05) is 146 Å². The molecule has 0 amide bonds. The molecule has 9 aromatic rings. The molecule has 1 aliphatic rings. The maximum Gasteiger partial charge on any atom is 0.164 e. The number of allylic oxidation sites excluding steroid dienone is 3. The topological polar surface area (TPSA) is 46.8 Å². The van der Waals surface area contributed by atoms with Crippen molar-refractivity contribution >= 4 is 38.8 Å². The summed E-state index contributed by atoms with van der Waals surface area (Å²) in [5.74, 6) is 2.15. The number of anilines is 2. The summed E-state index contributed by atoms with van der Waals surface area (Å²) < 4.78 is 2.36. The van der Waals surface area contributed by atoms with Gasteiger partial charge in [0, 0.05) is 57.0 Å². The second-order valence-electron chi connectivity index (χ2n) is 14.5. The zero-order valence-electron chi connectivity index (χ0n) is 31.6. The third kappa shape index (κ3) is 6.49. The molecule has 0 radical (unpaired) electrons. The molecule has 1 unspecified atom stereocenters. The lowest BCUT2D eigenvalue weighted by atomic mass is 9.93. The molecule has 7 aromatic carbocycles. The van der Waals surface area contributed by atoms with E-state index in [1.54, 1.807) is 0 Å². The van der Waals surface area contributed by atoms with Crippen molar-refractivity contribution in [2.75, 3.05) is 11.4 Å². The quantitative estimate of drug-likeness (QED) is 0.171. The molecule has 10 rings (SSSR count). The van der Waals surface area contributed by atoms with Crippen molar-refractivity contribution in [3.63, 3.8) is 0 Å². The van der Waals surface area contributed by atoms with E-state index >= 15 is 0 Å². The second kappa shape index (κ2) is 14.7. The van der Waals surface area contributed by atoms with Crippen LogP contribution in [-0.2, 0) is 0 Å². The average Bonchev–Trinajstić information content (AvgIpc) is 3.64. The molecule has 0 aliphatic carbocycles. The standard InChI is InChI=1S/C52H39N5/c1-36-34-40(20-15-33-56(42-21-9-4-10-22-42)47-25-13-11-23-44(36)47)41-29-32-49-46(35-41)45-24-12-14-26-48(45)57(49)43-30-27-39(28-31-43)52-54-50(37-16-5-2-6-17-37)53-51(55-52)38-18-7-3-8-19-38/h2-32,34-36H,33H2,1H3/b20-15-,40-34+. The van der Waals surface area contributed by atoms with Crippen molar-refractivity contribution < 1.29 is 0 Å². The van der Waals surface area contributed by atoms with Crippen LogP contribution in [0.3, 0.4) is 0 Å². The van der Waals surface area contributed by atoms with E-state index in [0.29, 0.717) is 17.5 Å². The van der Waals surface area contributed by atoms with Gasteiger partial charge in [0.05, 0.1) is 11.0 Å². The van der Waals surface area contributed by atoms with Gasteiger partial charge in [0.2, 0.25) is 0 Å². The largest absolute Gasteiger partial charge is 0.337 e. The van der Waals surface area contributed by atoms with E-state index in [1.807, 2.05) is 60.7 Å². The number of nitrogens with zero attached hydrogens (tertiary/aromatic N) is 5. The molecule has 5 nitrogen and oxygen atoms in total. The zero-order valence-corrected chi connectivity index (χ0v) is 31.6. The van der Waals surface area contributed by atoms with Gasteiger partial charge in [-0.05, 0) is 77.4 Å². The second-order valence-corrected chi connectivity index (χ2v) is 14.5. The normalized spacial score (nSPS) is 15.6. The highest BCUT2D eigenvalue weighted by Crippen LogP contribution is 2.38. The van der Waals surface area contributed by atoms with Crippen molar-refractivity contribution in [2.45, 2.75) is 12.8 Å². The Kier molecular flexibility index (Phi) is 8.81. The van der Waals surface area contributed by atoms with Crippen molar-refractivity contribution in [1.82, 2.24) is 19.5 Å². The van der Waals surface area contributed by atoms with Crippen molar-refractivity contribution in [3.8, 4) is 39.9 Å². The number of fused-ring (bicyclic) bond motifs is 4. The Morgan fingerprint density at radius 2 is 1.02 bits per heavy atom. The molecule has 5 heteroatoms.